The Labute approximate surface area is 151 Å². The van der Waals surface area contributed by atoms with Crippen molar-refractivity contribution >= 4 is 15.7 Å². The average Bonchev–Trinajstić information content (AvgIpc) is 2.81. The molecule has 1 saturated heterocycles. The highest BCUT2D eigenvalue weighted by molar-refractivity contribution is 7.91. The summed E-state index contributed by atoms with van der Waals surface area (Å²) in [6.45, 7) is 3.87. The van der Waals surface area contributed by atoms with Crippen LogP contribution in [0.5, 0.6) is 0 Å². The van der Waals surface area contributed by atoms with Gasteiger partial charge >= 0.3 is 0 Å². The minimum absolute atomic E-state index is 0.107. The van der Waals surface area contributed by atoms with Crippen molar-refractivity contribution in [1.29, 1.82) is 0 Å². The molecular weight excluding hydrogens is 359 g/mol. The van der Waals surface area contributed by atoms with Crippen LogP contribution in [0.1, 0.15) is 34.3 Å². The van der Waals surface area contributed by atoms with Gasteiger partial charge in [-0.05, 0) is 26.3 Å². The molecule has 1 aliphatic rings. The number of amides is 1. The molecule has 140 valence electrons. The Balaban J connectivity index is 1.78. The number of halogens is 1. The topological polar surface area (TPSA) is 80.5 Å². The van der Waals surface area contributed by atoms with Crippen molar-refractivity contribution in [3.8, 4) is 0 Å². The quantitative estimate of drug-likeness (QED) is 0.817. The van der Waals surface area contributed by atoms with Crippen molar-refractivity contribution in [1.82, 2.24) is 10.1 Å². The number of hydrogen-bond donors (Lipinski definition) is 0. The second kappa shape index (κ2) is 7.19. The van der Waals surface area contributed by atoms with Crippen molar-refractivity contribution in [2.24, 2.45) is 0 Å². The first-order chi connectivity index (χ1) is 12.3. The lowest BCUT2D eigenvalue weighted by Gasteiger charge is -2.20. The van der Waals surface area contributed by atoms with Crippen LogP contribution in [0.25, 0.3) is 0 Å². The summed E-state index contributed by atoms with van der Waals surface area (Å²) in [5.74, 6) is -0.304. The van der Waals surface area contributed by atoms with Gasteiger partial charge in [-0.25, -0.2) is 12.8 Å². The second-order valence-electron chi connectivity index (χ2n) is 6.53. The normalized spacial score (nSPS) is 20.0. The van der Waals surface area contributed by atoms with E-state index in [1.807, 2.05) is 0 Å². The van der Waals surface area contributed by atoms with Crippen LogP contribution in [0.4, 0.5) is 4.39 Å². The first kappa shape index (κ1) is 18.6. The third kappa shape index (κ3) is 3.65. The molecule has 1 aromatic carbocycles. The fraction of sp³-hybridized carbons (Fsp3) is 0.444. The summed E-state index contributed by atoms with van der Waals surface area (Å²) < 4.78 is 44.4. The first-order valence-electron chi connectivity index (χ1n) is 8.45. The third-order valence-electron chi connectivity index (χ3n) is 4.85. The van der Waals surface area contributed by atoms with Gasteiger partial charge in [0.05, 0.1) is 23.1 Å². The summed E-state index contributed by atoms with van der Waals surface area (Å²) in [5, 5.41) is 2.90. The summed E-state index contributed by atoms with van der Waals surface area (Å²) >= 11 is 0. The van der Waals surface area contributed by atoms with Crippen molar-refractivity contribution in [3.63, 3.8) is 0 Å². The molecule has 6 nitrogen and oxygen atoms in total. The van der Waals surface area contributed by atoms with Gasteiger partial charge in [-0.15, -0.1) is 0 Å². The molecule has 0 bridgehead atoms. The van der Waals surface area contributed by atoms with E-state index >= 15 is 0 Å². The molecule has 1 unspecified atom stereocenters. The largest absolute Gasteiger partial charge is 0.361 e. The molecule has 0 radical (unpaired) electrons. The summed E-state index contributed by atoms with van der Waals surface area (Å²) in [7, 11) is -3.55. The fourth-order valence-electron chi connectivity index (χ4n) is 3.30. The number of hydrogen-bond acceptors (Lipinski definition) is 5. The van der Waals surface area contributed by atoms with Crippen LogP contribution in [-0.2, 0) is 21.1 Å². The second-order valence-corrected chi connectivity index (χ2v) is 8.83. The Morgan fingerprint density at radius 3 is 2.69 bits per heavy atom. The van der Waals surface area contributed by atoms with Crippen LogP contribution in [0.15, 0.2) is 28.8 Å². The number of sulfone groups is 1. The molecule has 1 atom stereocenters. The predicted molar refractivity (Wildman–Crippen MR) is 93.8 cm³/mol. The maximum absolute atomic E-state index is 14.1. The maximum Gasteiger partial charge on any atom is 0.227 e. The lowest BCUT2D eigenvalue weighted by molar-refractivity contribution is -0.130. The summed E-state index contributed by atoms with van der Waals surface area (Å²) in [6.07, 6.45) is 0.294. The number of aromatic nitrogens is 1. The Hall–Kier alpha value is -2.22. The van der Waals surface area contributed by atoms with Gasteiger partial charge in [-0.2, -0.15) is 0 Å². The van der Waals surface area contributed by atoms with Crippen LogP contribution >= 0.6 is 0 Å². The van der Waals surface area contributed by atoms with E-state index in [1.54, 1.807) is 19.9 Å². The summed E-state index contributed by atoms with van der Waals surface area (Å²) in [5.41, 5.74) is 1.56. The number of rotatable bonds is 3. The van der Waals surface area contributed by atoms with Crippen LogP contribution < -0.4 is 0 Å². The smallest absolute Gasteiger partial charge is 0.227 e. The Morgan fingerprint density at radius 1 is 1.31 bits per heavy atom. The van der Waals surface area contributed by atoms with Crippen LogP contribution in [0.2, 0.25) is 0 Å². The zero-order valence-electron chi connectivity index (χ0n) is 14.7. The molecule has 1 aliphatic heterocycles. The van der Waals surface area contributed by atoms with Gasteiger partial charge in [0, 0.05) is 24.2 Å². The van der Waals surface area contributed by atoms with E-state index in [-0.39, 0.29) is 43.2 Å². The van der Waals surface area contributed by atoms with E-state index in [9.17, 15) is 17.6 Å². The molecule has 2 aromatic rings. The fourth-order valence-corrected chi connectivity index (χ4v) is 5.10. The molecular formula is C18H21FN2O4S. The van der Waals surface area contributed by atoms with E-state index in [1.165, 1.54) is 23.1 Å². The average molecular weight is 380 g/mol. The molecule has 1 aromatic heterocycles. The molecule has 1 fully saturated rings. The number of benzene rings is 1. The molecule has 0 aliphatic carbocycles. The van der Waals surface area contributed by atoms with E-state index in [0.717, 1.165) is 5.56 Å². The number of carbonyl (C=O) groups is 1. The summed E-state index contributed by atoms with van der Waals surface area (Å²) in [6, 6.07) is 5.91. The standard InChI is InChI=1S/C18H21FN2O4S/c1-12-15(13(2)25-20-12)11-18(22)21-8-7-17(26(23,24)10-9-21)14-5-3-4-6-16(14)19/h3-6,17H,7-11H2,1-2H3. The molecule has 2 heterocycles. The van der Waals surface area contributed by atoms with Gasteiger partial charge in [0.15, 0.2) is 9.84 Å². The van der Waals surface area contributed by atoms with Gasteiger partial charge in [0.1, 0.15) is 11.6 Å². The Bertz CT molecular complexity index is 904. The van der Waals surface area contributed by atoms with Crippen molar-refractivity contribution < 1.29 is 22.1 Å². The van der Waals surface area contributed by atoms with Gasteiger partial charge in [-0.1, -0.05) is 23.4 Å². The Morgan fingerprint density at radius 2 is 2.04 bits per heavy atom. The molecule has 8 heteroatoms. The SMILES string of the molecule is Cc1noc(C)c1CC(=O)N1CCC(c2ccccc2F)S(=O)(=O)CC1. The zero-order valence-corrected chi connectivity index (χ0v) is 15.6. The molecule has 1 amide bonds. The molecule has 3 rings (SSSR count). The monoisotopic (exact) mass is 380 g/mol. The molecule has 0 N–H and O–H groups in total. The lowest BCUT2D eigenvalue weighted by atomic mass is 10.1. The van der Waals surface area contributed by atoms with E-state index in [2.05, 4.69) is 5.16 Å². The minimum Gasteiger partial charge on any atom is -0.361 e. The highest BCUT2D eigenvalue weighted by atomic mass is 32.2. The zero-order chi connectivity index (χ0) is 18.9. The summed E-state index contributed by atoms with van der Waals surface area (Å²) in [4.78, 5) is 14.2. The van der Waals surface area contributed by atoms with E-state index in [4.69, 9.17) is 4.52 Å². The predicted octanol–water partition coefficient (Wildman–Crippen LogP) is 2.36. The molecule has 0 spiro atoms. The van der Waals surface area contributed by atoms with Crippen LogP contribution in [-0.4, -0.2) is 43.2 Å². The number of carbonyl (C=O) groups excluding carboxylic acids is 1. The molecule has 0 saturated carbocycles. The van der Waals surface area contributed by atoms with Crippen molar-refractivity contribution in [2.45, 2.75) is 31.9 Å². The van der Waals surface area contributed by atoms with Gasteiger partial charge in [-0.3, -0.25) is 4.79 Å². The molecule has 26 heavy (non-hydrogen) atoms. The van der Waals surface area contributed by atoms with Gasteiger partial charge in [0.2, 0.25) is 5.91 Å². The highest BCUT2D eigenvalue weighted by Crippen LogP contribution is 2.31. The van der Waals surface area contributed by atoms with Crippen molar-refractivity contribution in [3.05, 3.63) is 52.7 Å². The first-order valence-corrected chi connectivity index (χ1v) is 10.2. The highest BCUT2D eigenvalue weighted by Gasteiger charge is 2.34. The van der Waals surface area contributed by atoms with Crippen molar-refractivity contribution in [2.75, 3.05) is 18.8 Å². The van der Waals surface area contributed by atoms with Crippen LogP contribution in [0.3, 0.4) is 0 Å². The third-order valence-corrected chi connectivity index (χ3v) is 6.96. The maximum atomic E-state index is 14.1. The minimum atomic E-state index is -3.55. The number of nitrogens with zero attached hydrogens (tertiary/aromatic N) is 2. The van der Waals surface area contributed by atoms with E-state index in [0.29, 0.717) is 11.5 Å². The van der Waals surface area contributed by atoms with E-state index < -0.39 is 20.9 Å². The van der Waals surface area contributed by atoms with Gasteiger partial charge in [0.25, 0.3) is 0 Å². The van der Waals surface area contributed by atoms with Crippen LogP contribution in [0, 0.1) is 19.7 Å². The van der Waals surface area contributed by atoms with Gasteiger partial charge < -0.3 is 9.42 Å². The number of aryl methyl sites for hydroxylation is 2. The lowest BCUT2D eigenvalue weighted by Crippen LogP contribution is -2.34. The Kier molecular flexibility index (Phi) is 5.13.